The fourth-order valence-electron chi connectivity index (χ4n) is 1.98. The third-order valence-corrected chi connectivity index (χ3v) is 3.42. The van der Waals surface area contributed by atoms with Crippen LogP contribution in [0.2, 0.25) is 0 Å². The molecule has 0 saturated carbocycles. The van der Waals surface area contributed by atoms with Gasteiger partial charge in [0.2, 0.25) is 0 Å². The third kappa shape index (κ3) is 2.74. The van der Waals surface area contributed by atoms with Gasteiger partial charge in [-0.25, -0.2) is 0 Å². The second-order valence-electron chi connectivity index (χ2n) is 4.75. The number of amides is 1. The molecule has 20 heavy (non-hydrogen) atoms. The molecule has 0 radical (unpaired) electrons. The van der Waals surface area contributed by atoms with Crippen LogP contribution < -0.4 is 16.4 Å². The lowest BCUT2D eigenvalue weighted by Crippen LogP contribution is -2.18. The SMILES string of the molecule is CNC(=O)c1ccc(N)c(Nc2cccc(C)c2C)c1. The number of benzene rings is 2. The summed E-state index contributed by atoms with van der Waals surface area (Å²) in [5, 5.41) is 5.90. The van der Waals surface area contributed by atoms with Crippen LogP contribution in [0.5, 0.6) is 0 Å². The van der Waals surface area contributed by atoms with Gasteiger partial charge in [0.05, 0.1) is 11.4 Å². The second-order valence-corrected chi connectivity index (χ2v) is 4.75. The summed E-state index contributed by atoms with van der Waals surface area (Å²) in [4.78, 5) is 11.7. The first-order valence-corrected chi connectivity index (χ1v) is 6.47. The molecule has 104 valence electrons. The predicted octanol–water partition coefficient (Wildman–Crippen LogP) is 2.99. The summed E-state index contributed by atoms with van der Waals surface area (Å²) in [6, 6.07) is 11.2. The summed E-state index contributed by atoms with van der Waals surface area (Å²) in [5.41, 5.74) is 11.3. The minimum Gasteiger partial charge on any atom is -0.397 e. The Balaban J connectivity index is 2.38. The molecule has 0 heterocycles. The molecule has 2 aromatic carbocycles. The molecule has 0 aliphatic carbocycles. The summed E-state index contributed by atoms with van der Waals surface area (Å²) in [7, 11) is 1.61. The number of anilines is 3. The average molecular weight is 269 g/mol. The predicted molar refractivity (Wildman–Crippen MR) is 83.4 cm³/mol. The first-order chi connectivity index (χ1) is 9.52. The molecular weight excluding hydrogens is 250 g/mol. The number of rotatable bonds is 3. The van der Waals surface area contributed by atoms with Crippen LogP contribution in [0.3, 0.4) is 0 Å². The Labute approximate surface area is 119 Å². The number of nitrogen functional groups attached to an aromatic ring is 1. The lowest BCUT2D eigenvalue weighted by atomic mass is 10.1. The van der Waals surface area contributed by atoms with Crippen LogP contribution in [0.15, 0.2) is 36.4 Å². The van der Waals surface area contributed by atoms with Gasteiger partial charge >= 0.3 is 0 Å². The van der Waals surface area contributed by atoms with Gasteiger partial charge in [0.1, 0.15) is 0 Å². The maximum absolute atomic E-state index is 11.7. The number of carbonyl (C=O) groups excluding carboxylic acids is 1. The molecule has 2 aromatic rings. The fraction of sp³-hybridized carbons (Fsp3) is 0.188. The zero-order chi connectivity index (χ0) is 14.7. The Kier molecular flexibility index (Phi) is 3.94. The van der Waals surface area contributed by atoms with Gasteiger partial charge in [-0.2, -0.15) is 0 Å². The topological polar surface area (TPSA) is 67.2 Å². The van der Waals surface area contributed by atoms with E-state index in [1.807, 2.05) is 12.1 Å². The van der Waals surface area contributed by atoms with Crippen LogP contribution in [0.4, 0.5) is 17.1 Å². The van der Waals surface area contributed by atoms with Crippen molar-refractivity contribution in [2.75, 3.05) is 18.1 Å². The maximum atomic E-state index is 11.7. The van der Waals surface area contributed by atoms with Crippen molar-refractivity contribution in [3.8, 4) is 0 Å². The van der Waals surface area contributed by atoms with Crippen molar-refractivity contribution in [1.82, 2.24) is 5.32 Å². The number of carbonyl (C=O) groups is 1. The number of nitrogens with two attached hydrogens (primary N) is 1. The lowest BCUT2D eigenvalue weighted by Gasteiger charge is -2.14. The van der Waals surface area contributed by atoms with Gasteiger partial charge in [0, 0.05) is 18.3 Å². The molecule has 0 aromatic heterocycles. The van der Waals surface area contributed by atoms with Gasteiger partial charge in [-0.1, -0.05) is 12.1 Å². The molecule has 0 unspecified atom stereocenters. The molecule has 0 saturated heterocycles. The molecule has 0 fully saturated rings. The van der Waals surface area contributed by atoms with Crippen LogP contribution >= 0.6 is 0 Å². The van der Waals surface area contributed by atoms with E-state index in [-0.39, 0.29) is 5.91 Å². The van der Waals surface area contributed by atoms with E-state index in [0.717, 1.165) is 16.9 Å². The van der Waals surface area contributed by atoms with E-state index in [9.17, 15) is 4.79 Å². The number of nitrogens with one attached hydrogen (secondary N) is 2. The molecule has 0 bridgehead atoms. The van der Waals surface area contributed by atoms with Crippen LogP contribution in [0, 0.1) is 13.8 Å². The normalized spacial score (nSPS) is 10.2. The standard InChI is InChI=1S/C16H19N3O/c1-10-5-4-6-14(11(10)2)19-15-9-12(16(20)18-3)7-8-13(15)17/h4-9,19H,17H2,1-3H3,(H,18,20). The number of aryl methyl sites for hydroxylation is 1. The number of hydrogen-bond acceptors (Lipinski definition) is 3. The fourth-order valence-corrected chi connectivity index (χ4v) is 1.98. The van der Waals surface area contributed by atoms with E-state index < -0.39 is 0 Å². The highest BCUT2D eigenvalue weighted by Gasteiger charge is 2.08. The van der Waals surface area contributed by atoms with Crippen molar-refractivity contribution in [2.45, 2.75) is 13.8 Å². The molecule has 0 aliphatic heterocycles. The van der Waals surface area contributed by atoms with Crippen molar-refractivity contribution in [2.24, 2.45) is 0 Å². The van der Waals surface area contributed by atoms with Crippen molar-refractivity contribution in [1.29, 1.82) is 0 Å². The Morgan fingerprint density at radius 1 is 1.10 bits per heavy atom. The van der Waals surface area contributed by atoms with Crippen LogP contribution in [0.1, 0.15) is 21.5 Å². The van der Waals surface area contributed by atoms with E-state index in [2.05, 4.69) is 30.5 Å². The minimum absolute atomic E-state index is 0.131. The summed E-state index contributed by atoms with van der Waals surface area (Å²) < 4.78 is 0. The van der Waals surface area contributed by atoms with Crippen LogP contribution in [-0.2, 0) is 0 Å². The van der Waals surface area contributed by atoms with Gasteiger partial charge in [0.25, 0.3) is 5.91 Å². The van der Waals surface area contributed by atoms with Crippen molar-refractivity contribution in [3.05, 3.63) is 53.1 Å². The Hall–Kier alpha value is -2.49. The maximum Gasteiger partial charge on any atom is 0.251 e. The number of hydrogen-bond donors (Lipinski definition) is 3. The van der Waals surface area contributed by atoms with Crippen LogP contribution in [-0.4, -0.2) is 13.0 Å². The molecule has 0 spiro atoms. The van der Waals surface area contributed by atoms with Crippen LogP contribution in [0.25, 0.3) is 0 Å². The van der Waals surface area contributed by atoms with Gasteiger partial charge in [0.15, 0.2) is 0 Å². The summed E-state index contributed by atoms with van der Waals surface area (Å²) >= 11 is 0. The quantitative estimate of drug-likeness (QED) is 0.750. The molecule has 0 atom stereocenters. The molecule has 4 nitrogen and oxygen atoms in total. The van der Waals surface area contributed by atoms with Crippen molar-refractivity contribution in [3.63, 3.8) is 0 Å². The molecule has 4 heteroatoms. The summed E-state index contributed by atoms with van der Waals surface area (Å²) in [6.07, 6.45) is 0. The van der Waals surface area contributed by atoms with E-state index >= 15 is 0 Å². The van der Waals surface area contributed by atoms with E-state index in [1.165, 1.54) is 5.56 Å². The average Bonchev–Trinajstić information content (AvgIpc) is 2.45. The van der Waals surface area contributed by atoms with Gasteiger partial charge < -0.3 is 16.4 Å². The highest BCUT2D eigenvalue weighted by Crippen LogP contribution is 2.27. The molecular formula is C16H19N3O. The van der Waals surface area contributed by atoms with Gasteiger partial charge in [-0.05, 0) is 49.2 Å². The Morgan fingerprint density at radius 3 is 2.55 bits per heavy atom. The van der Waals surface area contributed by atoms with Crippen molar-refractivity contribution < 1.29 is 4.79 Å². The van der Waals surface area contributed by atoms with E-state index in [0.29, 0.717) is 11.3 Å². The molecule has 2 rings (SSSR count). The first-order valence-electron chi connectivity index (χ1n) is 6.47. The Bertz CT molecular complexity index is 650. The zero-order valence-electron chi connectivity index (χ0n) is 11.9. The van der Waals surface area contributed by atoms with Gasteiger partial charge in [-0.15, -0.1) is 0 Å². The second kappa shape index (κ2) is 5.65. The van der Waals surface area contributed by atoms with Crippen molar-refractivity contribution >= 4 is 23.0 Å². The van der Waals surface area contributed by atoms with E-state index in [4.69, 9.17) is 5.73 Å². The third-order valence-electron chi connectivity index (χ3n) is 3.42. The van der Waals surface area contributed by atoms with Gasteiger partial charge in [-0.3, -0.25) is 4.79 Å². The zero-order valence-corrected chi connectivity index (χ0v) is 11.9. The molecule has 1 amide bonds. The lowest BCUT2D eigenvalue weighted by molar-refractivity contribution is 0.0963. The molecule has 0 aliphatic rings. The highest BCUT2D eigenvalue weighted by atomic mass is 16.1. The monoisotopic (exact) mass is 269 g/mol. The first kappa shape index (κ1) is 13.9. The summed E-state index contributed by atoms with van der Waals surface area (Å²) in [5.74, 6) is -0.131. The molecule has 4 N–H and O–H groups in total. The largest absolute Gasteiger partial charge is 0.397 e. The highest BCUT2D eigenvalue weighted by molar-refractivity contribution is 5.96. The summed E-state index contributed by atoms with van der Waals surface area (Å²) in [6.45, 7) is 4.11. The van der Waals surface area contributed by atoms with E-state index in [1.54, 1.807) is 25.2 Å². The smallest absolute Gasteiger partial charge is 0.251 e. The minimum atomic E-state index is -0.131. The Morgan fingerprint density at radius 2 is 1.85 bits per heavy atom.